The predicted octanol–water partition coefficient (Wildman–Crippen LogP) is 3.24. The number of nitrogens with zero attached hydrogens (tertiary/aromatic N) is 1. The minimum absolute atomic E-state index is 0.0747. The summed E-state index contributed by atoms with van der Waals surface area (Å²) >= 11 is 11.3. The second-order valence-corrected chi connectivity index (χ2v) is 8.43. The summed E-state index contributed by atoms with van der Waals surface area (Å²) in [6.07, 6.45) is 6.63. The maximum atomic E-state index is 12.7. The zero-order valence-corrected chi connectivity index (χ0v) is 21.7. The molecule has 3 N–H and O–H groups in total. The highest BCUT2D eigenvalue weighted by Crippen LogP contribution is 2.33. The smallest absolute Gasteiger partial charge is 0.338 e. The van der Waals surface area contributed by atoms with E-state index in [1.807, 2.05) is 0 Å². The number of amides is 1. The van der Waals surface area contributed by atoms with Gasteiger partial charge in [0, 0.05) is 21.8 Å². The van der Waals surface area contributed by atoms with Gasteiger partial charge in [-0.2, -0.15) is 5.10 Å². The second kappa shape index (κ2) is 13.3. The third kappa shape index (κ3) is 7.46. The number of halogens is 1. The van der Waals surface area contributed by atoms with Crippen LogP contribution in [0.5, 0.6) is 11.5 Å². The van der Waals surface area contributed by atoms with Gasteiger partial charge in [-0.25, -0.2) is 10.2 Å². The molecule has 1 heterocycles. The van der Waals surface area contributed by atoms with E-state index in [-0.39, 0.29) is 19.8 Å². The number of para-hydroxylation sites is 1. The number of hydrazone groups is 1. The number of allylic oxidation sites excluding steroid dienone is 1. The highest BCUT2D eigenvalue weighted by atomic mass is 35.5. The maximum Gasteiger partial charge on any atom is 0.338 e. The van der Waals surface area contributed by atoms with Crippen molar-refractivity contribution in [1.29, 1.82) is 0 Å². The SMILES string of the molecule is C#CCOc1ccc(Cl)cc1C=NNC(=O)COc1ccccc1[C@H]1NC(=S)NC(C)=C1C(=O)OCC. The monoisotopic (exact) mass is 540 g/mol. The molecule has 0 unspecified atom stereocenters. The number of esters is 1. The molecule has 1 aliphatic rings. The molecule has 1 aliphatic heterocycles. The van der Waals surface area contributed by atoms with Crippen LogP contribution in [0.3, 0.4) is 0 Å². The van der Waals surface area contributed by atoms with Crippen molar-refractivity contribution in [3.63, 3.8) is 0 Å². The number of carbonyl (C=O) groups excluding carboxylic acids is 2. The summed E-state index contributed by atoms with van der Waals surface area (Å²) in [5.74, 6) is 2.25. The lowest BCUT2D eigenvalue weighted by Crippen LogP contribution is -2.45. The van der Waals surface area contributed by atoms with E-state index in [4.69, 9.17) is 44.5 Å². The Morgan fingerprint density at radius 3 is 2.78 bits per heavy atom. The first-order chi connectivity index (χ1) is 17.8. The number of rotatable bonds is 10. The van der Waals surface area contributed by atoms with Gasteiger partial charge in [0.1, 0.15) is 18.1 Å². The highest BCUT2D eigenvalue weighted by molar-refractivity contribution is 7.80. The molecule has 192 valence electrons. The van der Waals surface area contributed by atoms with E-state index in [0.717, 1.165) is 0 Å². The van der Waals surface area contributed by atoms with E-state index in [9.17, 15) is 9.59 Å². The predicted molar refractivity (Wildman–Crippen MR) is 144 cm³/mol. The lowest BCUT2D eigenvalue weighted by molar-refractivity contribution is -0.139. The number of benzene rings is 2. The molecule has 0 spiro atoms. The van der Waals surface area contributed by atoms with E-state index in [2.05, 4.69) is 27.1 Å². The van der Waals surface area contributed by atoms with Gasteiger partial charge in [-0.15, -0.1) is 6.42 Å². The molecule has 37 heavy (non-hydrogen) atoms. The van der Waals surface area contributed by atoms with E-state index >= 15 is 0 Å². The number of ether oxygens (including phenoxy) is 3. The molecule has 1 amide bonds. The number of hydrogen-bond acceptors (Lipinski definition) is 7. The number of carbonyl (C=O) groups is 2. The fraction of sp³-hybridized carbons (Fsp3) is 0.231. The molecule has 1 atom stereocenters. The Morgan fingerprint density at radius 1 is 1.24 bits per heavy atom. The van der Waals surface area contributed by atoms with Crippen LogP contribution in [0.25, 0.3) is 0 Å². The fourth-order valence-electron chi connectivity index (χ4n) is 3.48. The fourth-order valence-corrected chi connectivity index (χ4v) is 3.93. The summed E-state index contributed by atoms with van der Waals surface area (Å²) < 4.78 is 16.5. The first-order valence-electron chi connectivity index (χ1n) is 11.2. The van der Waals surface area contributed by atoms with Crippen LogP contribution in [-0.2, 0) is 14.3 Å². The van der Waals surface area contributed by atoms with E-state index < -0.39 is 17.9 Å². The topological polar surface area (TPSA) is 110 Å². The zero-order chi connectivity index (χ0) is 26.8. The molecule has 0 aliphatic carbocycles. The molecule has 2 aromatic carbocycles. The quantitative estimate of drug-likeness (QED) is 0.138. The lowest BCUT2D eigenvalue weighted by atomic mass is 9.95. The summed E-state index contributed by atoms with van der Waals surface area (Å²) in [6.45, 7) is 3.43. The van der Waals surface area contributed by atoms with Crippen LogP contribution in [0.15, 0.2) is 58.8 Å². The molecular formula is C26H25ClN4O5S. The molecule has 0 bridgehead atoms. The lowest BCUT2D eigenvalue weighted by Gasteiger charge is -2.30. The number of thiocarbonyl (C=S) groups is 1. The zero-order valence-electron chi connectivity index (χ0n) is 20.2. The summed E-state index contributed by atoms with van der Waals surface area (Å²) in [5.41, 5.74) is 4.48. The molecule has 2 aromatic rings. The third-order valence-electron chi connectivity index (χ3n) is 5.03. The number of nitrogens with one attached hydrogen (secondary N) is 3. The van der Waals surface area contributed by atoms with Crippen molar-refractivity contribution in [2.24, 2.45) is 5.10 Å². The van der Waals surface area contributed by atoms with E-state index in [1.165, 1.54) is 6.21 Å². The average Bonchev–Trinajstić information content (AvgIpc) is 2.87. The summed E-state index contributed by atoms with van der Waals surface area (Å²) in [5, 5.41) is 10.8. The van der Waals surface area contributed by atoms with Crippen molar-refractivity contribution in [3.8, 4) is 23.8 Å². The Balaban J connectivity index is 1.71. The Hall–Kier alpha value is -4.07. The van der Waals surface area contributed by atoms with Crippen molar-refractivity contribution in [2.45, 2.75) is 19.9 Å². The van der Waals surface area contributed by atoms with Crippen molar-refractivity contribution < 1.29 is 23.8 Å². The molecule has 0 radical (unpaired) electrons. The van der Waals surface area contributed by atoms with Crippen molar-refractivity contribution in [3.05, 3.63) is 69.9 Å². The Morgan fingerprint density at radius 2 is 2.03 bits per heavy atom. The van der Waals surface area contributed by atoms with Crippen molar-refractivity contribution in [1.82, 2.24) is 16.1 Å². The summed E-state index contributed by atoms with van der Waals surface area (Å²) in [7, 11) is 0. The molecular weight excluding hydrogens is 516 g/mol. The first kappa shape index (κ1) is 27.5. The third-order valence-corrected chi connectivity index (χ3v) is 5.48. The van der Waals surface area contributed by atoms with Gasteiger partial charge in [-0.1, -0.05) is 35.7 Å². The van der Waals surface area contributed by atoms with Crippen LogP contribution in [0.4, 0.5) is 0 Å². The molecule has 11 heteroatoms. The van der Waals surface area contributed by atoms with Gasteiger partial charge >= 0.3 is 5.97 Å². The molecule has 0 saturated heterocycles. The Kier molecular flexibility index (Phi) is 9.89. The van der Waals surface area contributed by atoms with Gasteiger partial charge in [0.25, 0.3) is 5.91 Å². The molecule has 0 saturated carbocycles. The molecule has 9 nitrogen and oxygen atoms in total. The highest BCUT2D eigenvalue weighted by Gasteiger charge is 2.32. The van der Waals surface area contributed by atoms with E-state index in [0.29, 0.717) is 44.0 Å². The Bertz CT molecular complexity index is 1290. The van der Waals surface area contributed by atoms with Gasteiger partial charge in [0.2, 0.25) is 0 Å². The van der Waals surface area contributed by atoms with Gasteiger partial charge < -0.3 is 24.8 Å². The minimum Gasteiger partial charge on any atom is -0.483 e. The standard InChI is InChI=1S/C26H25ClN4O5S/c1-4-12-35-20-11-10-18(27)13-17(20)14-28-31-22(32)15-36-21-9-7-6-8-19(21)24-23(25(33)34-5-2)16(3)29-26(37)30-24/h1,6-11,13-14,24H,5,12,15H2,2-3H3,(H,31,32)(H2,29,30,37)/t24-/m1/s1. The van der Waals surface area contributed by atoms with Gasteiger partial charge in [0.15, 0.2) is 11.7 Å². The molecule has 3 rings (SSSR count). The van der Waals surface area contributed by atoms with Crippen LogP contribution in [0.1, 0.15) is 31.0 Å². The van der Waals surface area contributed by atoms with Crippen LogP contribution >= 0.6 is 23.8 Å². The van der Waals surface area contributed by atoms with Crippen LogP contribution in [0.2, 0.25) is 5.02 Å². The van der Waals surface area contributed by atoms with Crippen LogP contribution in [-0.4, -0.2) is 43.0 Å². The summed E-state index contributed by atoms with van der Waals surface area (Å²) in [6, 6.07) is 11.3. The summed E-state index contributed by atoms with van der Waals surface area (Å²) in [4.78, 5) is 25.1. The van der Waals surface area contributed by atoms with Crippen molar-refractivity contribution >= 4 is 47.0 Å². The van der Waals surface area contributed by atoms with Gasteiger partial charge in [-0.3, -0.25) is 4.79 Å². The van der Waals surface area contributed by atoms with E-state index in [1.54, 1.807) is 56.3 Å². The second-order valence-electron chi connectivity index (χ2n) is 7.59. The average molecular weight is 541 g/mol. The number of terminal acetylenes is 1. The van der Waals surface area contributed by atoms with Gasteiger partial charge in [-0.05, 0) is 50.3 Å². The molecule has 0 fully saturated rings. The first-order valence-corrected chi connectivity index (χ1v) is 12.0. The minimum atomic E-state index is -0.630. The van der Waals surface area contributed by atoms with Gasteiger partial charge in [0.05, 0.1) is 24.4 Å². The van der Waals surface area contributed by atoms with Crippen LogP contribution in [0, 0.1) is 12.3 Å². The largest absolute Gasteiger partial charge is 0.483 e. The van der Waals surface area contributed by atoms with Crippen molar-refractivity contribution in [2.75, 3.05) is 19.8 Å². The Labute approximate surface area is 225 Å². The van der Waals surface area contributed by atoms with Crippen LogP contribution < -0.4 is 25.5 Å². The number of hydrogen-bond donors (Lipinski definition) is 3. The maximum absolute atomic E-state index is 12.7. The normalized spacial score (nSPS) is 14.9. The molecule has 0 aromatic heterocycles.